The number of hydrogen-bond donors (Lipinski definition) is 1. The van der Waals surface area contributed by atoms with Crippen molar-refractivity contribution in [3.8, 4) is 0 Å². The molecule has 2 N–H and O–H groups in total. The summed E-state index contributed by atoms with van der Waals surface area (Å²) in [6.45, 7) is 13.6. The minimum atomic E-state index is 0.199. The Morgan fingerprint density at radius 2 is 2.05 bits per heavy atom. The van der Waals surface area contributed by atoms with Crippen LogP contribution < -0.4 is 5.73 Å². The monoisotopic (exact) mass is 265 g/mol. The van der Waals surface area contributed by atoms with Crippen LogP contribution >= 0.6 is 0 Å². The van der Waals surface area contributed by atoms with Gasteiger partial charge in [-0.25, -0.2) is 0 Å². The average molecular weight is 265 g/mol. The molecule has 3 heteroatoms. The van der Waals surface area contributed by atoms with Gasteiger partial charge in [0, 0.05) is 6.54 Å². The van der Waals surface area contributed by atoms with E-state index in [1.54, 1.807) is 0 Å². The molecule has 1 aliphatic carbocycles. The summed E-state index contributed by atoms with van der Waals surface area (Å²) in [5, 5.41) is 0. The van der Waals surface area contributed by atoms with E-state index in [9.17, 15) is 0 Å². The molecule has 19 heavy (non-hydrogen) atoms. The van der Waals surface area contributed by atoms with Gasteiger partial charge < -0.3 is 10.6 Å². The predicted octanol–water partition coefficient (Wildman–Crippen LogP) is 3.25. The molecular formula is C16H31N3. The van der Waals surface area contributed by atoms with Crippen LogP contribution in [0.5, 0.6) is 0 Å². The number of hydrogen-bond acceptors (Lipinski definition) is 3. The number of guanidine groups is 1. The van der Waals surface area contributed by atoms with Crippen LogP contribution in [-0.4, -0.2) is 29.5 Å². The molecule has 3 nitrogen and oxygen atoms in total. The summed E-state index contributed by atoms with van der Waals surface area (Å²) in [5.74, 6) is 2.11. The van der Waals surface area contributed by atoms with E-state index in [-0.39, 0.29) is 5.54 Å². The van der Waals surface area contributed by atoms with Crippen LogP contribution in [0.3, 0.4) is 0 Å². The third-order valence-electron chi connectivity index (χ3n) is 4.92. The van der Waals surface area contributed by atoms with Crippen LogP contribution in [0.2, 0.25) is 0 Å². The Kier molecular flexibility index (Phi) is 3.85. The fourth-order valence-corrected chi connectivity index (χ4v) is 4.23. The highest BCUT2D eigenvalue weighted by Gasteiger charge is 2.52. The zero-order valence-electron chi connectivity index (χ0n) is 13.4. The van der Waals surface area contributed by atoms with Crippen molar-refractivity contribution < 1.29 is 0 Å². The summed E-state index contributed by atoms with van der Waals surface area (Å²) >= 11 is 0. The highest BCUT2D eigenvalue weighted by Crippen LogP contribution is 2.49. The van der Waals surface area contributed by atoms with Crippen molar-refractivity contribution in [2.24, 2.45) is 28.0 Å². The number of nitrogens with two attached hydrogens (primary N) is 1. The molecule has 1 heterocycles. The normalized spacial score (nSPS) is 32.2. The summed E-state index contributed by atoms with van der Waals surface area (Å²) in [6.07, 6.45) is 5.26. The van der Waals surface area contributed by atoms with Gasteiger partial charge in [0.25, 0.3) is 0 Å². The first kappa shape index (κ1) is 14.7. The first-order chi connectivity index (χ1) is 8.77. The second kappa shape index (κ2) is 4.99. The Morgan fingerprint density at radius 3 is 2.63 bits per heavy atom. The van der Waals surface area contributed by atoms with Gasteiger partial charge >= 0.3 is 0 Å². The highest BCUT2D eigenvalue weighted by molar-refractivity contribution is 5.81. The Bertz CT molecular complexity index is 353. The molecule has 0 amide bonds. The van der Waals surface area contributed by atoms with Crippen molar-refractivity contribution in [1.29, 1.82) is 0 Å². The molecule has 0 saturated heterocycles. The van der Waals surface area contributed by atoms with Crippen molar-refractivity contribution in [1.82, 2.24) is 4.90 Å². The Balaban J connectivity index is 2.32. The molecular weight excluding hydrogens is 234 g/mol. The lowest BCUT2D eigenvalue weighted by atomic mass is 9.61. The maximum absolute atomic E-state index is 6.21. The maximum atomic E-state index is 6.21. The first-order valence-corrected chi connectivity index (χ1v) is 7.85. The Hall–Kier alpha value is -0.730. The molecule has 0 aromatic rings. The van der Waals surface area contributed by atoms with E-state index in [0.29, 0.717) is 17.3 Å². The van der Waals surface area contributed by atoms with Gasteiger partial charge in [0.2, 0.25) is 0 Å². The highest BCUT2D eigenvalue weighted by atomic mass is 15.4. The molecule has 1 spiro atoms. The van der Waals surface area contributed by atoms with Crippen LogP contribution in [0, 0.1) is 17.3 Å². The van der Waals surface area contributed by atoms with Crippen molar-refractivity contribution in [3.05, 3.63) is 0 Å². The predicted molar refractivity (Wildman–Crippen MR) is 82.2 cm³/mol. The van der Waals surface area contributed by atoms with Gasteiger partial charge in [-0.05, 0) is 30.1 Å². The molecule has 2 aliphatic rings. The zero-order chi connectivity index (χ0) is 14.3. The SMILES string of the molecule is CC(C)CN1C(N)=NCC12CCCCC2C(C)(C)C. The standard InChI is InChI=1S/C16H31N3/c1-12(2)10-19-14(17)18-11-16(19)9-7-6-8-13(16)15(3,4)5/h12-13H,6-11H2,1-5H3,(H2,17,18). The molecule has 0 aromatic heterocycles. The van der Waals surface area contributed by atoms with Crippen molar-refractivity contribution in [2.45, 2.75) is 65.8 Å². The van der Waals surface area contributed by atoms with E-state index in [4.69, 9.17) is 5.73 Å². The molecule has 1 aliphatic heterocycles. The van der Waals surface area contributed by atoms with E-state index in [0.717, 1.165) is 19.0 Å². The van der Waals surface area contributed by atoms with Gasteiger partial charge in [0.1, 0.15) is 0 Å². The second-order valence-electron chi connectivity index (χ2n) is 7.95. The summed E-state index contributed by atoms with van der Waals surface area (Å²) < 4.78 is 0. The minimum absolute atomic E-state index is 0.199. The van der Waals surface area contributed by atoms with Gasteiger partial charge in [-0.1, -0.05) is 47.5 Å². The number of rotatable bonds is 2. The quantitative estimate of drug-likeness (QED) is 0.832. The fourth-order valence-electron chi connectivity index (χ4n) is 4.23. The minimum Gasteiger partial charge on any atom is -0.370 e. The molecule has 1 fully saturated rings. The molecule has 2 rings (SSSR count). The lowest BCUT2D eigenvalue weighted by Crippen LogP contribution is -2.61. The summed E-state index contributed by atoms with van der Waals surface area (Å²) in [7, 11) is 0. The van der Waals surface area contributed by atoms with Gasteiger partial charge in [-0.2, -0.15) is 0 Å². The van der Waals surface area contributed by atoms with Gasteiger partial charge in [0.05, 0.1) is 12.1 Å². The molecule has 0 radical (unpaired) electrons. The van der Waals surface area contributed by atoms with Gasteiger partial charge in [0.15, 0.2) is 5.96 Å². The smallest absolute Gasteiger partial charge is 0.191 e. The van der Waals surface area contributed by atoms with E-state index >= 15 is 0 Å². The molecule has 2 atom stereocenters. The molecule has 0 bridgehead atoms. The van der Waals surface area contributed by atoms with Crippen molar-refractivity contribution in [3.63, 3.8) is 0 Å². The van der Waals surface area contributed by atoms with Crippen LogP contribution in [-0.2, 0) is 0 Å². The molecule has 1 saturated carbocycles. The van der Waals surface area contributed by atoms with E-state index in [1.807, 2.05) is 0 Å². The first-order valence-electron chi connectivity index (χ1n) is 7.85. The van der Waals surface area contributed by atoms with Crippen LogP contribution in [0.4, 0.5) is 0 Å². The number of nitrogens with zero attached hydrogens (tertiary/aromatic N) is 2. The zero-order valence-corrected chi connectivity index (χ0v) is 13.4. The maximum Gasteiger partial charge on any atom is 0.191 e. The summed E-state index contributed by atoms with van der Waals surface area (Å²) in [4.78, 5) is 7.08. The fraction of sp³-hybridized carbons (Fsp3) is 0.938. The van der Waals surface area contributed by atoms with Crippen LogP contribution in [0.15, 0.2) is 4.99 Å². The molecule has 0 aromatic carbocycles. The largest absolute Gasteiger partial charge is 0.370 e. The van der Waals surface area contributed by atoms with E-state index < -0.39 is 0 Å². The van der Waals surface area contributed by atoms with Gasteiger partial charge in [-0.15, -0.1) is 0 Å². The van der Waals surface area contributed by atoms with E-state index in [2.05, 4.69) is 44.5 Å². The molecule has 2 unspecified atom stereocenters. The molecule has 110 valence electrons. The summed E-state index contributed by atoms with van der Waals surface area (Å²) in [6, 6.07) is 0. The summed E-state index contributed by atoms with van der Waals surface area (Å²) in [5.41, 5.74) is 6.74. The lowest BCUT2D eigenvalue weighted by Gasteiger charge is -2.53. The van der Waals surface area contributed by atoms with Crippen molar-refractivity contribution >= 4 is 5.96 Å². The topological polar surface area (TPSA) is 41.6 Å². The van der Waals surface area contributed by atoms with Crippen LogP contribution in [0.1, 0.15) is 60.3 Å². The van der Waals surface area contributed by atoms with E-state index in [1.165, 1.54) is 25.7 Å². The lowest BCUT2D eigenvalue weighted by molar-refractivity contribution is 0.00209. The average Bonchev–Trinajstić information content (AvgIpc) is 2.58. The Morgan fingerprint density at radius 1 is 1.37 bits per heavy atom. The third kappa shape index (κ3) is 2.61. The second-order valence-corrected chi connectivity index (χ2v) is 7.95. The van der Waals surface area contributed by atoms with Crippen molar-refractivity contribution in [2.75, 3.05) is 13.1 Å². The van der Waals surface area contributed by atoms with Crippen LogP contribution in [0.25, 0.3) is 0 Å². The number of aliphatic imine (C=N–C) groups is 1. The van der Waals surface area contributed by atoms with Gasteiger partial charge in [-0.3, -0.25) is 4.99 Å². The Labute approximate surface area is 118 Å². The third-order valence-corrected chi connectivity index (χ3v) is 4.92.